The average Bonchev–Trinajstić information content (AvgIpc) is 2.10. The van der Waals surface area contributed by atoms with E-state index in [1.807, 2.05) is 17.9 Å². The summed E-state index contributed by atoms with van der Waals surface area (Å²) in [5, 5.41) is 4.14. The molecule has 0 aromatic carbocycles. The molecule has 0 bridgehead atoms. The van der Waals surface area contributed by atoms with Crippen LogP contribution in [0.2, 0.25) is 0 Å². The minimum absolute atomic E-state index is 0.827. The summed E-state index contributed by atoms with van der Waals surface area (Å²) in [6.45, 7) is 0. The number of aromatic nitrogens is 2. The van der Waals surface area contributed by atoms with Gasteiger partial charge in [-0.2, -0.15) is 5.10 Å². The Balaban J connectivity index is 2.17. The van der Waals surface area contributed by atoms with E-state index in [0.717, 1.165) is 5.92 Å². The molecule has 10 heavy (non-hydrogen) atoms. The van der Waals surface area contributed by atoms with Crippen LogP contribution >= 0.6 is 0 Å². The zero-order chi connectivity index (χ0) is 6.97. The predicted octanol–water partition coefficient (Wildman–Crippen LogP) is 1.69. The highest BCUT2D eigenvalue weighted by atomic mass is 15.2. The molecule has 1 heterocycles. The van der Waals surface area contributed by atoms with Crippen LogP contribution in [0.5, 0.6) is 0 Å². The molecule has 0 N–H and O–H groups in total. The van der Waals surface area contributed by atoms with Crippen LogP contribution in [0.4, 0.5) is 0 Å². The van der Waals surface area contributed by atoms with Gasteiger partial charge in [-0.05, 0) is 24.3 Å². The zero-order valence-electron chi connectivity index (χ0n) is 6.25. The van der Waals surface area contributed by atoms with E-state index in [-0.39, 0.29) is 0 Å². The van der Waals surface area contributed by atoms with Crippen LogP contribution in [0.3, 0.4) is 0 Å². The molecular weight excluding hydrogens is 124 g/mol. The second-order valence-electron chi connectivity index (χ2n) is 3.08. The highest BCUT2D eigenvalue weighted by Crippen LogP contribution is 2.35. The second kappa shape index (κ2) is 2.11. The van der Waals surface area contributed by atoms with Crippen molar-refractivity contribution in [2.45, 2.75) is 25.2 Å². The van der Waals surface area contributed by atoms with Crippen molar-refractivity contribution in [3.8, 4) is 0 Å². The molecule has 0 saturated heterocycles. The summed E-state index contributed by atoms with van der Waals surface area (Å²) in [6, 6.07) is 0. The molecule has 1 aliphatic rings. The summed E-state index contributed by atoms with van der Waals surface area (Å²) in [5.41, 5.74) is 1.42. The Labute approximate surface area is 60.9 Å². The van der Waals surface area contributed by atoms with Gasteiger partial charge < -0.3 is 0 Å². The van der Waals surface area contributed by atoms with Crippen molar-refractivity contribution in [3.05, 3.63) is 18.0 Å². The normalized spacial score (nSPS) is 18.9. The Morgan fingerprint density at radius 3 is 2.80 bits per heavy atom. The van der Waals surface area contributed by atoms with E-state index in [0.29, 0.717) is 0 Å². The van der Waals surface area contributed by atoms with E-state index in [1.54, 1.807) is 0 Å². The minimum atomic E-state index is 0.827. The van der Waals surface area contributed by atoms with E-state index >= 15 is 0 Å². The Bertz CT molecular complexity index is 223. The molecule has 54 valence electrons. The van der Waals surface area contributed by atoms with Crippen molar-refractivity contribution in [2.24, 2.45) is 7.05 Å². The summed E-state index contributed by atoms with van der Waals surface area (Å²) >= 11 is 0. The van der Waals surface area contributed by atoms with Gasteiger partial charge >= 0.3 is 0 Å². The lowest BCUT2D eigenvalue weighted by Gasteiger charge is -2.23. The van der Waals surface area contributed by atoms with Gasteiger partial charge in [-0.15, -0.1) is 0 Å². The van der Waals surface area contributed by atoms with Gasteiger partial charge in [0.2, 0.25) is 0 Å². The molecule has 0 radical (unpaired) electrons. The van der Waals surface area contributed by atoms with Gasteiger partial charge in [0.1, 0.15) is 0 Å². The first-order valence-electron chi connectivity index (χ1n) is 3.85. The lowest BCUT2D eigenvalue weighted by Crippen LogP contribution is -2.07. The van der Waals surface area contributed by atoms with Crippen molar-refractivity contribution in [1.29, 1.82) is 0 Å². The first-order valence-corrected chi connectivity index (χ1v) is 3.85. The monoisotopic (exact) mass is 136 g/mol. The van der Waals surface area contributed by atoms with Crippen molar-refractivity contribution in [3.63, 3.8) is 0 Å². The summed E-state index contributed by atoms with van der Waals surface area (Å²) in [4.78, 5) is 0. The molecule has 2 rings (SSSR count). The Kier molecular flexibility index (Phi) is 1.26. The molecule has 1 aromatic rings. The van der Waals surface area contributed by atoms with Crippen LogP contribution in [-0.4, -0.2) is 9.78 Å². The quantitative estimate of drug-likeness (QED) is 0.574. The highest BCUT2D eigenvalue weighted by molar-refractivity contribution is 5.13. The number of hydrogen-bond donors (Lipinski definition) is 0. The first kappa shape index (κ1) is 5.96. The maximum atomic E-state index is 4.14. The van der Waals surface area contributed by atoms with Gasteiger partial charge in [0, 0.05) is 13.2 Å². The van der Waals surface area contributed by atoms with E-state index in [1.165, 1.54) is 24.8 Å². The molecule has 0 atom stereocenters. The fourth-order valence-electron chi connectivity index (χ4n) is 1.39. The van der Waals surface area contributed by atoms with Gasteiger partial charge in [0.15, 0.2) is 0 Å². The number of hydrogen-bond acceptors (Lipinski definition) is 1. The third kappa shape index (κ3) is 0.838. The highest BCUT2D eigenvalue weighted by Gasteiger charge is 2.20. The maximum Gasteiger partial charge on any atom is 0.0524 e. The van der Waals surface area contributed by atoms with Gasteiger partial charge in [-0.1, -0.05) is 6.42 Å². The lowest BCUT2D eigenvalue weighted by atomic mass is 9.81. The molecule has 1 saturated carbocycles. The number of rotatable bonds is 1. The smallest absolute Gasteiger partial charge is 0.0524 e. The van der Waals surface area contributed by atoms with E-state index in [9.17, 15) is 0 Å². The maximum absolute atomic E-state index is 4.14. The SMILES string of the molecule is Cn1cc(C2CCC2)cn1. The van der Waals surface area contributed by atoms with Gasteiger partial charge in [-0.25, -0.2) is 0 Å². The summed E-state index contributed by atoms with van der Waals surface area (Å²) < 4.78 is 1.88. The molecular formula is C8H12N2. The first-order chi connectivity index (χ1) is 4.86. The zero-order valence-corrected chi connectivity index (χ0v) is 6.25. The third-order valence-corrected chi connectivity index (χ3v) is 2.30. The van der Waals surface area contributed by atoms with Crippen LogP contribution < -0.4 is 0 Å². The van der Waals surface area contributed by atoms with Crippen molar-refractivity contribution >= 4 is 0 Å². The molecule has 0 unspecified atom stereocenters. The topological polar surface area (TPSA) is 17.8 Å². The van der Waals surface area contributed by atoms with Crippen molar-refractivity contribution in [2.75, 3.05) is 0 Å². The molecule has 2 heteroatoms. The molecule has 1 aliphatic carbocycles. The fourth-order valence-corrected chi connectivity index (χ4v) is 1.39. The largest absolute Gasteiger partial charge is 0.276 e. The lowest BCUT2D eigenvalue weighted by molar-refractivity contribution is 0.419. The van der Waals surface area contributed by atoms with Gasteiger partial charge in [0.05, 0.1) is 6.20 Å². The standard InChI is InChI=1S/C8H12N2/c1-10-6-8(5-9-10)7-3-2-4-7/h5-7H,2-4H2,1H3. The van der Waals surface area contributed by atoms with Crippen LogP contribution in [0.15, 0.2) is 12.4 Å². The van der Waals surface area contributed by atoms with E-state index in [2.05, 4.69) is 11.3 Å². The Hall–Kier alpha value is -0.790. The Morgan fingerprint density at radius 2 is 2.40 bits per heavy atom. The molecule has 0 aliphatic heterocycles. The average molecular weight is 136 g/mol. The van der Waals surface area contributed by atoms with Gasteiger partial charge in [-0.3, -0.25) is 4.68 Å². The van der Waals surface area contributed by atoms with Crippen LogP contribution in [0.25, 0.3) is 0 Å². The van der Waals surface area contributed by atoms with Crippen LogP contribution in [0.1, 0.15) is 30.7 Å². The Morgan fingerprint density at radius 1 is 1.60 bits per heavy atom. The predicted molar refractivity (Wildman–Crippen MR) is 39.8 cm³/mol. The molecule has 2 nitrogen and oxygen atoms in total. The second-order valence-corrected chi connectivity index (χ2v) is 3.08. The molecule has 1 aromatic heterocycles. The van der Waals surface area contributed by atoms with Crippen LogP contribution in [-0.2, 0) is 7.05 Å². The third-order valence-electron chi connectivity index (χ3n) is 2.30. The van der Waals surface area contributed by atoms with Crippen molar-refractivity contribution in [1.82, 2.24) is 9.78 Å². The molecule has 0 spiro atoms. The summed E-state index contributed by atoms with van der Waals surface area (Å²) in [6.07, 6.45) is 8.25. The molecule has 1 fully saturated rings. The van der Waals surface area contributed by atoms with E-state index in [4.69, 9.17) is 0 Å². The van der Waals surface area contributed by atoms with Gasteiger partial charge in [0.25, 0.3) is 0 Å². The van der Waals surface area contributed by atoms with Crippen LogP contribution in [0, 0.1) is 0 Å². The summed E-state index contributed by atoms with van der Waals surface area (Å²) in [5.74, 6) is 0.827. The minimum Gasteiger partial charge on any atom is -0.276 e. The fraction of sp³-hybridized carbons (Fsp3) is 0.625. The number of nitrogens with zero attached hydrogens (tertiary/aromatic N) is 2. The number of aryl methyl sites for hydroxylation is 1. The van der Waals surface area contributed by atoms with Crippen molar-refractivity contribution < 1.29 is 0 Å². The van der Waals surface area contributed by atoms with E-state index < -0.39 is 0 Å². The molecule has 0 amide bonds. The summed E-state index contributed by atoms with van der Waals surface area (Å²) in [7, 11) is 1.97.